The molecule has 1 fully saturated rings. The molecule has 1 aliphatic carbocycles. The molecule has 1 saturated heterocycles. The van der Waals surface area contributed by atoms with E-state index in [1.807, 2.05) is 24.8 Å². The monoisotopic (exact) mass is 1110 g/mol. The van der Waals surface area contributed by atoms with Crippen LogP contribution in [0.5, 0.6) is 11.5 Å². The third-order valence-electron chi connectivity index (χ3n) is 17.0. The number of benzene rings is 3. The van der Waals surface area contributed by atoms with E-state index in [-0.39, 0.29) is 78.6 Å². The first-order valence-electron chi connectivity index (χ1n) is 27.8. The predicted molar refractivity (Wildman–Crippen MR) is 295 cm³/mol. The molecule has 3 aromatic carbocycles. The van der Waals surface area contributed by atoms with Gasteiger partial charge < -0.3 is 50.5 Å². The Morgan fingerprint density at radius 3 is 2.41 bits per heavy atom. The first-order chi connectivity index (χ1) is 38.7. The third-order valence-corrected chi connectivity index (χ3v) is 17.0. The Bertz CT molecular complexity index is 3630. The SMILES string of the molecule is CC[C@@]1(OC(=O)[C@@H](NC(=O)[C@H](Cc2c[nH]cn2)NC(=O)CN2CCN(Cc3ccc4c(c3)CN(C(=O)c3cc(C(C)C)c(O)cc3O)C4)CC2)C(C)C)C(=O)OCc2c1cc1n(c2=O)Cc2c-1nc1cc(F)c(C)c3c1c2[C@@H](N)CC3. The minimum absolute atomic E-state index is 0.00203. The van der Waals surface area contributed by atoms with Crippen LogP contribution in [0.25, 0.3) is 22.3 Å². The number of halogens is 1. The second kappa shape index (κ2) is 21.5. The summed E-state index contributed by atoms with van der Waals surface area (Å²) in [6.07, 6.45) is 4.08. The van der Waals surface area contributed by atoms with Gasteiger partial charge in [0, 0.05) is 93.1 Å². The number of nitrogens with zero attached hydrogens (tertiary/aromatic N) is 6. The maximum atomic E-state index is 15.3. The number of phenols is 2. The smallest absolute Gasteiger partial charge is 0.355 e. The van der Waals surface area contributed by atoms with E-state index in [1.54, 1.807) is 50.9 Å². The average Bonchev–Trinajstić information content (AvgIpc) is 4.36. The minimum atomic E-state index is -2.10. The number of nitrogens with one attached hydrogen (secondary N) is 3. The zero-order valence-electron chi connectivity index (χ0n) is 46.3. The van der Waals surface area contributed by atoms with Crippen molar-refractivity contribution in [2.45, 2.75) is 130 Å². The summed E-state index contributed by atoms with van der Waals surface area (Å²) >= 11 is 0. The van der Waals surface area contributed by atoms with Gasteiger partial charge in [-0.15, -0.1) is 0 Å². The highest BCUT2D eigenvalue weighted by molar-refractivity contribution is 5.98. The number of aryl methyl sites for hydroxylation is 1. The molecule has 4 aliphatic heterocycles. The summed E-state index contributed by atoms with van der Waals surface area (Å²) in [4.78, 5) is 103. The van der Waals surface area contributed by atoms with Crippen molar-refractivity contribution >= 4 is 40.6 Å². The number of cyclic esters (lactones) is 1. The second-order valence-electron chi connectivity index (χ2n) is 22.9. The van der Waals surface area contributed by atoms with E-state index in [9.17, 15) is 39.0 Å². The number of hydrogen-bond acceptors (Lipinski definition) is 15. The lowest BCUT2D eigenvalue weighted by atomic mass is 9.82. The minimum Gasteiger partial charge on any atom is -0.508 e. The number of hydrogen-bond donors (Lipinski definition) is 6. The summed E-state index contributed by atoms with van der Waals surface area (Å²) in [5.41, 5.74) is 12.9. The quantitative estimate of drug-likeness (QED) is 0.0728. The van der Waals surface area contributed by atoms with Crippen LogP contribution in [0, 0.1) is 18.7 Å². The number of H-pyrrole nitrogens is 1. The molecule has 0 bridgehead atoms. The van der Waals surface area contributed by atoms with Gasteiger partial charge >= 0.3 is 11.9 Å². The van der Waals surface area contributed by atoms with Crippen molar-refractivity contribution in [1.29, 1.82) is 0 Å². The van der Waals surface area contributed by atoms with Crippen molar-refractivity contribution < 1.29 is 48.0 Å². The average molecular weight is 1110 g/mol. The van der Waals surface area contributed by atoms with Gasteiger partial charge in [0.2, 0.25) is 17.4 Å². The molecule has 7 heterocycles. The predicted octanol–water partition coefficient (Wildman–Crippen LogP) is 5.12. The molecule has 3 aromatic heterocycles. The van der Waals surface area contributed by atoms with Gasteiger partial charge in [0.25, 0.3) is 11.5 Å². The molecular formula is C60H67FN10O10. The molecule has 21 heteroatoms. The fraction of sp³-hybridized carbons (Fsp3) is 0.433. The second-order valence-corrected chi connectivity index (χ2v) is 22.9. The van der Waals surface area contributed by atoms with E-state index in [2.05, 4.69) is 37.6 Å². The number of amides is 3. The molecule has 0 spiro atoms. The number of carbonyl (C=O) groups excluding carboxylic acids is 5. The van der Waals surface area contributed by atoms with Crippen LogP contribution in [-0.4, -0.2) is 119 Å². The third kappa shape index (κ3) is 9.98. The van der Waals surface area contributed by atoms with Gasteiger partial charge in [-0.1, -0.05) is 52.8 Å². The topological polar surface area (TPSA) is 268 Å². The Kier molecular flexibility index (Phi) is 14.6. The van der Waals surface area contributed by atoms with Gasteiger partial charge in [-0.2, -0.15) is 0 Å². The lowest BCUT2D eigenvalue weighted by Crippen LogP contribution is -2.57. The number of aromatic hydroxyl groups is 2. The number of carbonyl (C=O) groups is 5. The van der Waals surface area contributed by atoms with E-state index in [0.717, 1.165) is 38.8 Å². The van der Waals surface area contributed by atoms with Gasteiger partial charge in [0.1, 0.15) is 36.0 Å². The lowest BCUT2D eigenvalue weighted by molar-refractivity contribution is -0.191. The van der Waals surface area contributed by atoms with Crippen molar-refractivity contribution in [3.05, 3.63) is 138 Å². The number of imidazole rings is 1. The van der Waals surface area contributed by atoms with Crippen molar-refractivity contribution in [3.63, 3.8) is 0 Å². The number of piperazine rings is 1. The highest BCUT2D eigenvalue weighted by atomic mass is 19.1. The van der Waals surface area contributed by atoms with Crippen molar-refractivity contribution in [2.24, 2.45) is 11.7 Å². The number of esters is 2. The van der Waals surface area contributed by atoms with Gasteiger partial charge in [-0.05, 0) is 89.1 Å². The lowest BCUT2D eigenvalue weighted by Gasteiger charge is -2.37. The Balaban J connectivity index is 0.748. The first kappa shape index (κ1) is 54.9. The van der Waals surface area contributed by atoms with Crippen LogP contribution in [0.2, 0.25) is 0 Å². The summed E-state index contributed by atoms with van der Waals surface area (Å²) in [5, 5.41) is 27.4. The number of fused-ring (bicyclic) bond motifs is 6. The molecule has 0 saturated carbocycles. The van der Waals surface area contributed by atoms with Crippen LogP contribution >= 0.6 is 0 Å². The number of aromatic nitrogens is 4. The Hall–Kier alpha value is -8.01. The molecule has 0 unspecified atom stereocenters. The molecule has 424 valence electrons. The fourth-order valence-corrected chi connectivity index (χ4v) is 12.5. The number of pyridine rings is 2. The summed E-state index contributed by atoms with van der Waals surface area (Å²) in [6, 6.07) is 9.11. The molecule has 0 radical (unpaired) electrons. The number of phenolic OH excluding ortho intramolecular Hbond substituents is 2. The molecule has 20 nitrogen and oxygen atoms in total. The zero-order valence-corrected chi connectivity index (χ0v) is 46.3. The van der Waals surface area contributed by atoms with Gasteiger partial charge in [0.15, 0.2) is 0 Å². The Labute approximate surface area is 466 Å². The van der Waals surface area contributed by atoms with Crippen molar-refractivity contribution in [2.75, 3.05) is 32.7 Å². The van der Waals surface area contributed by atoms with Crippen LogP contribution in [0.1, 0.15) is 131 Å². The van der Waals surface area contributed by atoms with Crippen LogP contribution in [0.3, 0.4) is 0 Å². The maximum absolute atomic E-state index is 15.3. The normalized spacial score (nSPS) is 19.2. The van der Waals surface area contributed by atoms with Crippen LogP contribution in [0.15, 0.2) is 59.8 Å². The highest BCUT2D eigenvalue weighted by Crippen LogP contribution is 2.46. The number of nitrogens with two attached hydrogens (primary N) is 1. The van der Waals surface area contributed by atoms with Crippen molar-refractivity contribution in [3.8, 4) is 22.9 Å². The van der Waals surface area contributed by atoms with Crippen LogP contribution in [-0.2, 0) is 79.9 Å². The molecule has 7 N–H and O–H groups in total. The summed E-state index contributed by atoms with van der Waals surface area (Å²) in [7, 11) is 0. The standard InChI is InChI=1S/C60H67FN10O10/c1-7-60(42-19-47-54-40(26-71(47)57(77)41(42)28-80-59(60)79)51-44(62)11-10-37-32(6)43(61)20-45(66-54)52(37)51)81-58(78)53(31(4)5)67-55(75)46(17-36-22-63-29-64-36)65-50(74)27-69-14-12-68(13-15-69)23-33-8-9-34-24-70(25-35(34)16-33)56(76)39-18-38(30(2)3)48(72)21-49(39)73/h8-9,16,18-22,29-31,44,46,53,72-73H,7,10-15,17,23-28,62H2,1-6H3,(H,63,64)(H,65,74)(H,67,75)/t44-,46-,53-,60-/m0/s1. The molecule has 81 heavy (non-hydrogen) atoms. The van der Waals surface area contributed by atoms with E-state index < -0.39 is 58.7 Å². The van der Waals surface area contributed by atoms with Gasteiger partial charge in [0.05, 0.1) is 53.1 Å². The summed E-state index contributed by atoms with van der Waals surface area (Å²) in [6.45, 7) is 14.3. The molecule has 6 aromatic rings. The number of aromatic amines is 1. The largest absolute Gasteiger partial charge is 0.508 e. The van der Waals surface area contributed by atoms with E-state index in [0.29, 0.717) is 92.4 Å². The number of ether oxygens (including phenoxy) is 2. The molecule has 3 amide bonds. The van der Waals surface area contributed by atoms with Crippen LogP contribution in [0.4, 0.5) is 4.39 Å². The molecule has 11 rings (SSSR count). The number of rotatable bonds is 15. The Morgan fingerprint density at radius 2 is 1.69 bits per heavy atom. The van der Waals surface area contributed by atoms with Crippen molar-refractivity contribution in [1.82, 2.24) is 44.9 Å². The van der Waals surface area contributed by atoms with E-state index in [1.165, 1.54) is 23.0 Å². The molecular weight excluding hydrogens is 1040 g/mol. The Morgan fingerprint density at radius 1 is 0.938 bits per heavy atom. The van der Waals surface area contributed by atoms with E-state index in [4.69, 9.17) is 20.2 Å². The van der Waals surface area contributed by atoms with E-state index >= 15 is 4.39 Å². The zero-order chi connectivity index (χ0) is 57.3. The molecule has 5 aliphatic rings. The fourth-order valence-electron chi connectivity index (χ4n) is 12.5. The first-order valence-corrected chi connectivity index (χ1v) is 27.8. The summed E-state index contributed by atoms with van der Waals surface area (Å²) in [5.74, 6) is -4.59. The van der Waals surface area contributed by atoms with Crippen LogP contribution < -0.4 is 21.9 Å². The highest BCUT2D eigenvalue weighted by Gasteiger charge is 2.52. The van der Waals surface area contributed by atoms with Gasteiger partial charge in [-0.3, -0.25) is 29.0 Å². The summed E-state index contributed by atoms with van der Waals surface area (Å²) < 4.78 is 28.8. The maximum Gasteiger partial charge on any atom is 0.355 e. The van der Waals surface area contributed by atoms with Gasteiger partial charge in [-0.25, -0.2) is 23.9 Å². The molecule has 4 atom stereocenters.